The lowest BCUT2D eigenvalue weighted by atomic mass is 9.77. The van der Waals surface area contributed by atoms with Gasteiger partial charge in [0.2, 0.25) is 0 Å². The SMILES string of the molecule is CCCC1CCC(c2cc(F)ccc2OC(=O)C2CCC(C(=O)Oc3ccc(F)cc3C3CCC(CCC)CC3)CC2)CC1. The van der Waals surface area contributed by atoms with Gasteiger partial charge in [-0.1, -0.05) is 39.5 Å². The molecule has 0 N–H and O–H groups in total. The molecule has 0 aromatic heterocycles. The minimum atomic E-state index is -0.308. The zero-order valence-corrected chi connectivity index (χ0v) is 26.6. The van der Waals surface area contributed by atoms with Gasteiger partial charge in [0.25, 0.3) is 0 Å². The lowest BCUT2D eigenvalue weighted by molar-refractivity contribution is -0.145. The van der Waals surface area contributed by atoms with Gasteiger partial charge in [-0.15, -0.1) is 0 Å². The minimum Gasteiger partial charge on any atom is -0.426 e. The van der Waals surface area contributed by atoms with Crippen LogP contribution in [-0.4, -0.2) is 11.9 Å². The lowest BCUT2D eigenvalue weighted by Crippen LogP contribution is -2.31. The van der Waals surface area contributed by atoms with Crippen molar-refractivity contribution in [3.63, 3.8) is 0 Å². The Bertz CT molecular complexity index is 1150. The van der Waals surface area contributed by atoms with Crippen molar-refractivity contribution >= 4 is 11.9 Å². The third kappa shape index (κ3) is 8.28. The van der Waals surface area contributed by atoms with Gasteiger partial charge in [-0.2, -0.15) is 0 Å². The summed E-state index contributed by atoms with van der Waals surface area (Å²) in [6.07, 6.45) is 15.4. The average molecular weight is 609 g/mol. The summed E-state index contributed by atoms with van der Waals surface area (Å²) >= 11 is 0. The summed E-state index contributed by atoms with van der Waals surface area (Å²) in [7, 11) is 0. The van der Waals surface area contributed by atoms with Gasteiger partial charge in [-0.25, -0.2) is 8.78 Å². The second-order valence-electron chi connectivity index (χ2n) is 13.8. The smallest absolute Gasteiger partial charge is 0.314 e. The predicted molar refractivity (Wildman–Crippen MR) is 169 cm³/mol. The Hall–Kier alpha value is -2.76. The summed E-state index contributed by atoms with van der Waals surface area (Å²) in [5.41, 5.74) is 1.61. The predicted octanol–water partition coefficient (Wildman–Crippen LogP) is 10.4. The van der Waals surface area contributed by atoms with E-state index in [9.17, 15) is 18.4 Å². The lowest BCUT2D eigenvalue weighted by Gasteiger charge is -2.30. The molecule has 0 atom stereocenters. The molecule has 0 saturated heterocycles. The number of rotatable bonds is 10. The molecule has 240 valence electrons. The Morgan fingerprint density at radius 1 is 0.591 bits per heavy atom. The van der Waals surface area contributed by atoms with E-state index in [0.29, 0.717) is 37.2 Å². The first-order valence-electron chi connectivity index (χ1n) is 17.4. The van der Waals surface area contributed by atoms with Crippen molar-refractivity contribution in [2.75, 3.05) is 0 Å². The Kier molecular flexibility index (Phi) is 11.5. The summed E-state index contributed by atoms with van der Waals surface area (Å²) in [4.78, 5) is 26.5. The van der Waals surface area contributed by atoms with Crippen molar-refractivity contribution in [2.45, 2.75) is 128 Å². The van der Waals surface area contributed by atoms with Crippen LogP contribution in [0, 0.1) is 35.3 Å². The third-order valence-electron chi connectivity index (χ3n) is 10.7. The largest absolute Gasteiger partial charge is 0.426 e. The molecule has 2 aromatic rings. The number of hydrogen-bond acceptors (Lipinski definition) is 4. The molecule has 0 aliphatic heterocycles. The molecule has 0 radical (unpaired) electrons. The van der Waals surface area contributed by atoms with E-state index in [1.165, 1.54) is 37.8 Å². The average Bonchev–Trinajstić information content (AvgIpc) is 3.04. The van der Waals surface area contributed by atoms with E-state index in [1.54, 1.807) is 24.3 Å². The van der Waals surface area contributed by atoms with Crippen molar-refractivity contribution in [3.8, 4) is 11.5 Å². The van der Waals surface area contributed by atoms with Crippen LogP contribution in [0.2, 0.25) is 0 Å². The van der Waals surface area contributed by atoms with Crippen molar-refractivity contribution in [2.24, 2.45) is 23.7 Å². The Labute approximate surface area is 262 Å². The number of halogens is 2. The molecule has 3 aliphatic rings. The molecule has 44 heavy (non-hydrogen) atoms. The second kappa shape index (κ2) is 15.5. The highest BCUT2D eigenvalue weighted by molar-refractivity contribution is 5.78. The topological polar surface area (TPSA) is 52.6 Å². The van der Waals surface area contributed by atoms with E-state index in [0.717, 1.165) is 74.3 Å². The highest BCUT2D eigenvalue weighted by Crippen LogP contribution is 2.43. The van der Waals surface area contributed by atoms with Crippen LogP contribution in [-0.2, 0) is 9.59 Å². The highest BCUT2D eigenvalue weighted by Gasteiger charge is 2.34. The standard InChI is InChI=1S/C38H50F2O4/c1-3-5-25-7-11-27(12-8-25)33-23-31(39)19-21-35(33)43-37(41)29-15-17-30(18-16-29)38(42)44-36-22-20-32(40)24-34(36)28-13-9-26(6-4-2)10-14-28/h19-30H,3-18H2,1-2H3. The summed E-state index contributed by atoms with van der Waals surface area (Å²) in [5.74, 6) is 1.00. The number of ether oxygens (including phenoxy) is 2. The summed E-state index contributed by atoms with van der Waals surface area (Å²) < 4.78 is 40.4. The van der Waals surface area contributed by atoms with Crippen LogP contribution in [0.3, 0.4) is 0 Å². The molecule has 2 aromatic carbocycles. The first kappa shape index (κ1) is 32.6. The Morgan fingerprint density at radius 3 is 1.30 bits per heavy atom. The van der Waals surface area contributed by atoms with E-state index in [2.05, 4.69) is 13.8 Å². The number of carbonyl (C=O) groups is 2. The molecule has 4 nitrogen and oxygen atoms in total. The fourth-order valence-electron chi connectivity index (χ4n) is 8.15. The normalized spacial score (nSPS) is 27.5. The molecule has 0 bridgehead atoms. The monoisotopic (exact) mass is 608 g/mol. The fourth-order valence-corrected chi connectivity index (χ4v) is 8.15. The van der Waals surface area contributed by atoms with Gasteiger partial charge in [-0.3, -0.25) is 9.59 Å². The van der Waals surface area contributed by atoms with Crippen LogP contribution in [0.15, 0.2) is 36.4 Å². The minimum absolute atomic E-state index is 0.204. The van der Waals surface area contributed by atoms with Crippen molar-refractivity contribution in [3.05, 3.63) is 59.2 Å². The van der Waals surface area contributed by atoms with E-state index >= 15 is 0 Å². The van der Waals surface area contributed by atoms with Gasteiger partial charge in [-0.05, 0) is 137 Å². The van der Waals surface area contributed by atoms with Crippen molar-refractivity contribution in [1.29, 1.82) is 0 Å². The maximum absolute atomic E-state index is 14.3. The number of esters is 2. The van der Waals surface area contributed by atoms with Gasteiger partial charge >= 0.3 is 11.9 Å². The quantitative estimate of drug-likeness (QED) is 0.199. The van der Waals surface area contributed by atoms with E-state index in [-0.39, 0.29) is 47.2 Å². The zero-order valence-electron chi connectivity index (χ0n) is 26.6. The van der Waals surface area contributed by atoms with Gasteiger partial charge in [0.05, 0.1) is 11.8 Å². The van der Waals surface area contributed by atoms with Gasteiger partial charge in [0.15, 0.2) is 0 Å². The molecule has 0 unspecified atom stereocenters. The summed E-state index contributed by atoms with van der Waals surface area (Å²) in [6.45, 7) is 4.43. The maximum atomic E-state index is 14.3. The van der Waals surface area contributed by atoms with Crippen LogP contribution in [0.25, 0.3) is 0 Å². The molecule has 0 amide bonds. The van der Waals surface area contributed by atoms with Gasteiger partial charge < -0.3 is 9.47 Å². The number of hydrogen-bond donors (Lipinski definition) is 0. The van der Waals surface area contributed by atoms with Crippen LogP contribution < -0.4 is 9.47 Å². The first-order chi connectivity index (χ1) is 21.3. The first-order valence-corrected chi connectivity index (χ1v) is 17.4. The van der Waals surface area contributed by atoms with E-state index < -0.39 is 0 Å². The fraction of sp³-hybridized carbons (Fsp3) is 0.632. The molecular formula is C38H50F2O4. The van der Waals surface area contributed by atoms with Gasteiger partial charge in [0, 0.05) is 11.1 Å². The molecule has 0 heterocycles. The Balaban J connectivity index is 1.15. The second-order valence-corrected chi connectivity index (χ2v) is 13.8. The van der Waals surface area contributed by atoms with Crippen LogP contribution in [0.4, 0.5) is 8.78 Å². The zero-order chi connectivity index (χ0) is 31.1. The molecule has 0 spiro atoms. The molecule has 5 rings (SSSR count). The number of carbonyl (C=O) groups excluding carboxylic acids is 2. The molecule has 3 fully saturated rings. The number of benzene rings is 2. The van der Waals surface area contributed by atoms with Crippen molar-refractivity contribution in [1.82, 2.24) is 0 Å². The maximum Gasteiger partial charge on any atom is 0.314 e. The van der Waals surface area contributed by atoms with Crippen LogP contribution >= 0.6 is 0 Å². The summed E-state index contributed by atoms with van der Waals surface area (Å²) in [5, 5.41) is 0. The molecule has 6 heteroatoms. The highest BCUT2D eigenvalue weighted by atomic mass is 19.1. The molecule has 3 aliphatic carbocycles. The van der Waals surface area contributed by atoms with Gasteiger partial charge in [0.1, 0.15) is 23.1 Å². The molecular weight excluding hydrogens is 558 g/mol. The van der Waals surface area contributed by atoms with E-state index in [4.69, 9.17) is 9.47 Å². The Morgan fingerprint density at radius 2 is 0.955 bits per heavy atom. The van der Waals surface area contributed by atoms with Crippen molar-refractivity contribution < 1.29 is 27.8 Å². The van der Waals surface area contributed by atoms with Crippen LogP contribution in [0.5, 0.6) is 11.5 Å². The molecule has 3 saturated carbocycles. The third-order valence-corrected chi connectivity index (χ3v) is 10.7. The van der Waals surface area contributed by atoms with Crippen LogP contribution in [0.1, 0.15) is 140 Å². The van der Waals surface area contributed by atoms with E-state index in [1.807, 2.05) is 0 Å². The summed E-state index contributed by atoms with van der Waals surface area (Å²) in [6, 6.07) is 9.01.